The molecule has 128 valence electrons. The number of nitrogens with one attached hydrogen (secondary N) is 1. The Morgan fingerprint density at radius 2 is 1.72 bits per heavy atom. The summed E-state index contributed by atoms with van der Waals surface area (Å²) in [5.74, 6) is 0. The highest BCUT2D eigenvalue weighted by Crippen LogP contribution is 2.23. The van der Waals surface area contributed by atoms with Gasteiger partial charge in [0.05, 0.1) is 12.6 Å². The van der Waals surface area contributed by atoms with Gasteiger partial charge in [-0.3, -0.25) is 0 Å². The van der Waals surface area contributed by atoms with Gasteiger partial charge in [0.2, 0.25) is 0 Å². The van der Waals surface area contributed by atoms with E-state index in [1.807, 2.05) is 0 Å². The fourth-order valence-electron chi connectivity index (χ4n) is 3.35. The van der Waals surface area contributed by atoms with Crippen molar-refractivity contribution >= 4 is 10.8 Å². The van der Waals surface area contributed by atoms with Crippen LogP contribution in [0.15, 0.2) is 72.8 Å². The van der Waals surface area contributed by atoms with Crippen LogP contribution in [0.25, 0.3) is 10.8 Å². The molecule has 0 spiro atoms. The van der Waals surface area contributed by atoms with Crippen LogP contribution in [-0.2, 0) is 11.3 Å². The first-order valence-electron chi connectivity index (χ1n) is 8.64. The fraction of sp³-hybridized carbons (Fsp3) is 0.238. The molecule has 4 nitrogen and oxygen atoms in total. The third-order valence-electron chi connectivity index (χ3n) is 4.67. The molecule has 0 amide bonds. The van der Waals surface area contributed by atoms with E-state index in [1.54, 1.807) is 0 Å². The summed E-state index contributed by atoms with van der Waals surface area (Å²) in [5, 5.41) is 6.76. The van der Waals surface area contributed by atoms with Gasteiger partial charge in [0.15, 0.2) is 0 Å². The fourth-order valence-corrected chi connectivity index (χ4v) is 3.35. The van der Waals surface area contributed by atoms with Crippen LogP contribution in [0, 0.1) is 0 Å². The molecule has 3 aromatic rings. The molecular formula is C21H23N3O. The molecule has 0 radical (unpaired) electrons. The van der Waals surface area contributed by atoms with Gasteiger partial charge in [-0.15, -0.1) is 0 Å². The van der Waals surface area contributed by atoms with Gasteiger partial charge >= 0.3 is 0 Å². The molecule has 1 saturated heterocycles. The molecule has 1 N–H and O–H groups in total. The van der Waals surface area contributed by atoms with Gasteiger partial charge in [-0.1, -0.05) is 66.7 Å². The number of hydrogen-bond donors (Lipinski definition) is 1. The van der Waals surface area contributed by atoms with Crippen LogP contribution in [0.2, 0.25) is 0 Å². The number of rotatable bonds is 5. The van der Waals surface area contributed by atoms with Crippen LogP contribution < -0.4 is 5.53 Å². The number of hydrogen-bond acceptors (Lipinski definition) is 4. The molecule has 0 bridgehead atoms. The van der Waals surface area contributed by atoms with E-state index in [4.69, 9.17) is 4.74 Å². The Morgan fingerprint density at radius 3 is 2.56 bits per heavy atom. The van der Waals surface area contributed by atoms with Crippen LogP contribution in [-0.4, -0.2) is 30.3 Å². The lowest BCUT2D eigenvalue weighted by atomic mass is 10.1. The lowest BCUT2D eigenvalue weighted by Gasteiger charge is -2.18. The van der Waals surface area contributed by atoms with Crippen LogP contribution in [0.4, 0.5) is 0 Å². The second-order valence-electron chi connectivity index (χ2n) is 6.52. The number of likely N-dealkylation sites (N-methyl/N-ethyl adjacent to an activating group) is 1. The summed E-state index contributed by atoms with van der Waals surface area (Å²) in [5.41, 5.74) is 5.87. The minimum atomic E-state index is 0.338. The Hall–Kier alpha value is -2.24. The first-order chi connectivity index (χ1) is 12.3. The Balaban J connectivity index is 1.32. The number of nitrogens with zero attached hydrogens (tertiary/aromatic N) is 2. The third kappa shape index (κ3) is 3.72. The molecular weight excluding hydrogens is 310 g/mol. The molecule has 3 aromatic carbocycles. The highest BCUT2D eigenvalue weighted by Gasteiger charge is 2.28. The van der Waals surface area contributed by atoms with Crippen molar-refractivity contribution < 1.29 is 4.74 Å². The molecule has 0 aromatic heterocycles. The molecule has 4 heteroatoms. The first kappa shape index (κ1) is 16.2. The largest absolute Gasteiger partial charge is 0.360 e. The maximum atomic E-state index is 5.92. The third-order valence-corrected chi connectivity index (χ3v) is 4.67. The quantitative estimate of drug-likeness (QED) is 0.770. The standard InChI is InChI=1S/C21H23N3O/c1-23-21(19-8-3-2-4-9-19)14-24(22-23)16-25-15-17-11-12-18-7-5-6-10-20(18)13-17/h2-13,21-22H,14-16H2,1H3. The summed E-state index contributed by atoms with van der Waals surface area (Å²) < 4.78 is 5.92. The van der Waals surface area contributed by atoms with E-state index in [0.29, 0.717) is 19.4 Å². The number of fused-ring (bicyclic) bond motifs is 1. The van der Waals surface area contributed by atoms with E-state index in [0.717, 1.165) is 6.54 Å². The number of hydrazine groups is 2. The summed E-state index contributed by atoms with van der Waals surface area (Å²) in [7, 11) is 2.07. The number of ether oxygens (including phenoxy) is 1. The average molecular weight is 333 g/mol. The van der Waals surface area contributed by atoms with Crippen LogP contribution in [0.1, 0.15) is 17.2 Å². The van der Waals surface area contributed by atoms with Crippen LogP contribution in [0.5, 0.6) is 0 Å². The average Bonchev–Trinajstić information content (AvgIpc) is 3.03. The molecule has 0 saturated carbocycles. The van der Waals surface area contributed by atoms with E-state index < -0.39 is 0 Å². The van der Waals surface area contributed by atoms with Gasteiger partial charge in [-0.2, -0.15) is 5.53 Å². The van der Waals surface area contributed by atoms with Crippen LogP contribution in [0.3, 0.4) is 0 Å². The van der Waals surface area contributed by atoms with Gasteiger partial charge in [0.1, 0.15) is 6.73 Å². The molecule has 1 aliphatic rings. The summed E-state index contributed by atoms with van der Waals surface area (Å²) in [4.78, 5) is 0. The maximum absolute atomic E-state index is 5.92. The van der Waals surface area contributed by atoms with E-state index >= 15 is 0 Å². The Bertz CT molecular complexity index is 837. The predicted octanol–water partition coefficient (Wildman–Crippen LogP) is 3.72. The van der Waals surface area contributed by atoms with Crippen molar-refractivity contribution in [2.75, 3.05) is 20.3 Å². The molecule has 1 fully saturated rings. The van der Waals surface area contributed by atoms with Crippen molar-refractivity contribution in [2.24, 2.45) is 0 Å². The highest BCUT2D eigenvalue weighted by molar-refractivity contribution is 5.82. The monoisotopic (exact) mass is 333 g/mol. The second kappa shape index (κ2) is 7.33. The maximum Gasteiger partial charge on any atom is 0.114 e. The lowest BCUT2D eigenvalue weighted by Crippen LogP contribution is -2.38. The second-order valence-corrected chi connectivity index (χ2v) is 6.52. The molecule has 1 unspecified atom stereocenters. The van der Waals surface area contributed by atoms with Gasteiger partial charge in [-0.05, 0) is 28.0 Å². The smallest absolute Gasteiger partial charge is 0.114 e. The van der Waals surface area contributed by atoms with E-state index in [-0.39, 0.29) is 0 Å². The Labute approximate surface area is 148 Å². The number of benzene rings is 3. The Morgan fingerprint density at radius 1 is 0.960 bits per heavy atom. The zero-order chi connectivity index (χ0) is 17.1. The molecule has 25 heavy (non-hydrogen) atoms. The normalized spacial score (nSPS) is 18.8. The molecule has 1 aliphatic heterocycles. The van der Waals surface area contributed by atoms with Gasteiger partial charge in [-0.25, -0.2) is 10.0 Å². The predicted molar refractivity (Wildman–Crippen MR) is 100 cm³/mol. The van der Waals surface area contributed by atoms with Gasteiger partial charge < -0.3 is 4.74 Å². The minimum absolute atomic E-state index is 0.338. The van der Waals surface area contributed by atoms with E-state index in [9.17, 15) is 0 Å². The van der Waals surface area contributed by atoms with Crippen molar-refractivity contribution in [3.05, 3.63) is 83.9 Å². The van der Waals surface area contributed by atoms with Gasteiger partial charge in [0.25, 0.3) is 0 Å². The first-order valence-corrected chi connectivity index (χ1v) is 8.64. The molecule has 4 rings (SSSR count). The topological polar surface area (TPSA) is 27.7 Å². The van der Waals surface area contributed by atoms with Crippen molar-refractivity contribution in [1.29, 1.82) is 0 Å². The SMILES string of the molecule is CN1NN(COCc2ccc3ccccc3c2)CC1c1ccccc1. The summed E-state index contributed by atoms with van der Waals surface area (Å²) in [6, 6.07) is 25.8. The van der Waals surface area contributed by atoms with Crippen molar-refractivity contribution in [1.82, 2.24) is 15.6 Å². The molecule has 0 aliphatic carbocycles. The zero-order valence-electron chi connectivity index (χ0n) is 14.4. The van der Waals surface area contributed by atoms with Crippen LogP contribution >= 0.6 is 0 Å². The molecule has 1 heterocycles. The minimum Gasteiger partial charge on any atom is -0.360 e. The van der Waals surface area contributed by atoms with Crippen molar-refractivity contribution in [3.8, 4) is 0 Å². The van der Waals surface area contributed by atoms with Crippen molar-refractivity contribution in [2.45, 2.75) is 12.6 Å². The molecule has 1 atom stereocenters. The van der Waals surface area contributed by atoms with E-state index in [1.165, 1.54) is 21.9 Å². The summed E-state index contributed by atoms with van der Waals surface area (Å²) >= 11 is 0. The van der Waals surface area contributed by atoms with Crippen molar-refractivity contribution in [3.63, 3.8) is 0 Å². The van der Waals surface area contributed by atoms with Gasteiger partial charge in [0, 0.05) is 13.6 Å². The summed E-state index contributed by atoms with van der Waals surface area (Å²) in [6.07, 6.45) is 0. The zero-order valence-corrected chi connectivity index (χ0v) is 14.4. The summed E-state index contributed by atoms with van der Waals surface area (Å²) in [6.45, 7) is 2.07. The lowest BCUT2D eigenvalue weighted by molar-refractivity contribution is -0.0141. The highest BCUT2D eigenvalue weighted by atomic mass is 16.5. The van der Waals surface area contributed by atoms with E-state index in [2.05, 4.69) is 95.4 Å². The Kier molecular flexibility index (Phi) is 4.76.